The van der Waals surface area contributed by atoms with Crippen LogP contribution in [0, 0.1) is 0 Å². The summed E-state index contributed by atoms with van der Waals surface area (Å²) >= 11 is 1.55. The molecule has 10 heteroatoms. The van der Waals surface area contributed by atoms with Crippen LogP contribution in [0.2, 0.25) is 0 Å². The summed E-state index contributed by atoms with van der Waals surface area (Å²) in [6.07, 6.45) is 4.73. The van der Waals surface area contributed by atoms with E-state index < -0.39 is 6.17 Å². The summed E-state index contributed by atoms with van der Waals surface area (Å²) in [4.78, 5) is 17.6. The number of pyridine rings is 1. The monoisotopic (exact) mass is 506 g/mol. The molecule has 0 aliphatic carbocycles. The second-order valence-electron chi connectivity index (χ2n) is 8.13. The van der Waals surface area contributed by atoms with Crippen molar-refractivity contribution in [1.29, 1.82) is 0 Å². The average Bonchev–Trinajstić information content (AvgIpc) is 3.49. The zero-order valence-corrected chi connectivity index (χ0v) is 20.6. The fourth-order valence-corrected chi connectivity index (χ4v) is 4.75. The third-order valence-electron chi connectivity index (χ3n) is 5.88. The van der Waals surface area contributed by atoms with Gasteiger partial charge in [-0.05, 0) is 42.5 Å². The maximum atomic E-state index is 6.65. The average molecular weight is 507 g/mol. The van der Waals surface area contributed by atoms with Crippen molar-refractivity contribution in [3.05, 3.63) is 107 Å². The van der Waals surface area contributed by atoms with E-state index in [-0.39, 0.29) is 0 Å². The van der Waals surface area contributed by atoms with E-state index in [0.29, 0.717) is 23.3 Å². The van der Waals surface area contributed by atoms with Crippen molar-refractivity contribution in [2.75, 3.05) is 17.4 Å². The first-order valence-corrected chi connectivity index (χ1v) is 12.5. The molecule has 0 fully saturated rings. The molecule has 3 N–H and O–H groups in total. The van der Waals surface area contributed by atoms with Crippen LogP contribution in [0.4, 0.5) is 11.6 Å². The predicted molar refractivity (Wildman–Crippen MR) is 145 cm³/mol. The number of hydrazone groups is 1. The molecule has 2 aromatic carbocycles. The van der Waals surface area contributed by atoms with Gasteiger partial charge in [-0.2, -0.15) is 5.10 Å². The Labute approximate surface area is 217 Å². The molecule has 0 amide bonds. The van der Waals surface area contributed by atoms with Crippen LogP contribution in [-0.2, 0) is 0 Å². The number of benzene rings is 2. The van der Waals surface area contributed by atoms with Crippen molar-refractivity contribution in [2.24, 2.45) is 10.8 Å². The van der Waals surface area contributed by atoms with E-state index in [1.165, 1.54) is 0 Å². The predicted octanol–water partition coefficient (Wildman–Crippen LogP) is 5.06. The molecule has 1 atom stereocenters. The van der Waals surface area contributed by atoms with Crippen LogP contribution >= 0.6 is 11.3 Å². The van der Waals surface area contributed by atoms with E-state index in [1.54, 1.807) is 37.0 Å². The van der Waals surface area contributed by atoms with Crippen LogP contribution < -0.4 is 20.8 Å². The topological polar surface area (TPSA) is 114 Å². The van der Waals surface area contributed by atoms with Gasteiger partial charge in [-0.15, -0.1) is 11.3 Å². The Morgan fingerprint density at radius 2 is 1.73 bits per heavy atom. The van der Waals surface area contributed by atoms with E-state index >= 15 is 0 Å². The summed E-state index contributed by atoms with van der Waals surface area (Å²) < 4.78 is 6.16. The molecule has 0 saturated carbocycles. The van der Waals surface area contributed by atoms with E-state index in [1.807, 2.05) is 77.1 Å². The third kappa shape index (κ3) is 4.39. The number of aromatic nitrogens is 4. The highest BCUT2D eigenvalue weighted by Crippen LogP contribution is 2.35. The summed E-state index contributed by atoms with van der Waals surface area (Å²) in [5.74, 6) is 1.60. The van der Waals surface area contributed by atoms with E-state index in [2.05, 4.69) is 25.3 Å². The molecule has 37 heavy (non-hydrogen) atoms. The highest BCUT2D eigenvalue weighted by atomic mass is 32.1. The summed E-state index contributed by atoms with van der Waals surface area (Å²) in [7, 11) is 1.78. The van der Waals surface area contributed by atoms with Crippen LogP contribution in [-0.4, -0.2) is 32.7 Å². The molecule has 182 valence electrons. The minimum absolute atomic E-state index is 0.437. The maximum Gasteiger partial charge on any atom is 0.228 e. The van der Waals surface area contributed by atoms with Crippen LogP contribution in [0.25, 0.3) is 11.3 Å². The Bertz CT molecular complexity index is 1570. The number of hydrogen-bond donors (Lipinski definition) is 2. The van der Waals surface area contributed by atoms with Crippen molar-refractivity contribution >= 4 is 28.7 Å². The fraction of sp³-hybridized carbons (Fsp3) is 0.0741. The van der Waals surface area contributed by atoms with Crippen molar-refractivity contribution in [1.82, 2.24) is 19.9 Å². The van der Waals surface area contributed by atoms with Gasteiger partial charge >= 0.3 is 0 Å². The molecule has 0 saturated heterocycles. The lowest BCUT2D eigenvalue weighted by molar-refractivity contribution is 0.464. The second kappa shape index (κ2) is 9.76. The minimum Gasteiger partial charge on any atom is -0.438 e. The minimum atomic E-state index is -0.437. The van der Waals surface area contributed by atoms with Gasteiger partial charge in [0.25, 0.3) is 0 Å². The molecular formula is C27H22N8OS. The highest BCUT2D eigenvalue weighted by Gasteiger charge is 2.28. The molecule has 0 spiro atoms. The largest absolute Gasteiger partial charge is 0.438 e. The molecule has 6 rings (SSSR count). The first-order chi connectivity index (χ1) is 18.2. The lowest BCUT2D eigenvalue weighted by Gasteiger charge is -2.32. The molecule has 9 nitrogen and oxygen atoms in total. The number of thiazole rings is 1. The number of nitrogens with one attached hydrogen (secondary N) is 1. The number of nitrogens with two attached hydrogens (primary N) is 1. The number of anilines is 2. The molecular weight excluding hydrogens is 484 g/mol. The Balaban J connectivity index is 1.30. The molecule has 1 aliphatic heterocycles. The molecule has 1 aliphatic rings. The van der Waals surface area contributed by atoms with Crippen LogP contribution in [0.3, 0.4) is 0 Å². The van der Waals surface area contributed by atoms with Gasteiger partial charge in [0, 0.05) is 42.1 Å². The summed E-state index contributed by atoms with van der Waals surface area (Å²) in [5, 5.41) is 12.5. The van der Waals surface area contributed by atoms with Crippen molar-refractivity contribution in [3.63, 3.8) is 0 Å². The van der Waals surface area contributed by atoms with Crippen molar-refractivity contribution < 1.29 is 4.74 Å². The lowest BCUT2D eigenvalue weighted by Crippen LogP contribution is -2.36. The van der Waals surface area contributed by atoms with Gasteiger partial charge < -0.3 is 15.8 Å². The van der Waals surface area contributed by atoms with Gasteiger partial charge in [0.2, 0.25) is 11.8 Å². The number of rotatable bonds is 6. The first kappa shape index (κ1) is 22.8. The van der Waals surface area contributed by atoms with Gasteiger partial charge in [0.1, 0.15) is 22.6 Å². The van der Waals surface area contributed by atoms with Gasteiger partial charge in [-0.3, -0.25) is 0 Å². The number of hydrogen-bond acceptors (Lipinski definition) is 10. The van der Waals surface area contributed by atoms with Gasteiger partial charge in [-0.1, -0.05) is 24.3 Å². The Kier molecular flexibility index (Phi) is 6.01. The first-order valence-electron chi connectivity index (χ1n) is 11.6. The fourth-order valence-electron chi connectivity index (χ4n) is 4.12. The summed E-state index contributed by atoms with van der Waals surface area (Å²) in [6, 6.07) is 21.2. The van der Waals surface area contributed by atoms with Crippen molar-refractivity contribution in [2.45, 2.75) is 6.17 Å². The van der Waals surface area contributed by atoms with E-state index in [9.17, 15) is 0 Å². The Morgan fingerprint density at radius 3 is 2.54 bits per heavy atom. The van der Waals surface area contributed by atoms with E-state index in [0.717, 1.165) is 33.1 Å². The third-order valence-corrected chi connectivity index (χ3v) is 6.66. The standard InChI is InChI=1S/C27H22N8OS/c1-29-27-32-14-12-22(33-27)21-7-4-13-30-25(21)36-18-10-8-17(9-11-18)35-24(28)20-6-3-2-5-19(20)23(34-35)26-31-15-16-37-26/h2-16,24H,28H2,1H3,(H,29,32,33). The molecule has 4 heterocycles. The normalized spacial score (nSPS) is 14.6. The number of fused-ring (bicyclic) bond motifs is 1. The second-order valence-corrected chi connectivity index (χ2v) is 9.02. The smallest absolute Gasteiger partial charge is 0.228 e. The van der Waals surface area contributed by atoms with Crippen molar-refractivity contribution in [3.8, 4) is 22.9 Å². The summed E-state index contributed by atoms with van der Waals surface area (Å²) in [5.41, 5.74) is 11.7. The zero-order valence-electron chi connectivity index (χ0n) is 19.8. The Hall–Kier alpha value is -4.67. The molecule has 1 unspecified atom stereocenters. The zero-order chi connectivity index (χ0) is 25.2. The highest BCUT2D eigenvalue weighted by molar-refractivity contribution is 7.11. The SMILES string of the molecule is CNc1nccc(-c2cccnc2Oc2ccc(N3N=C(c4nccs4)c4ccccc4C3N)cc2)n1. The molecule has 0 radical (unpaired) electrons. The lowest BCUT2D eigenvalue weighted by atomic mass is 9.99. The number of ether oxygens (including phenoxy) is 1. The maximum absolute atomic E-state index is 6.65. The molecule has 5 aromatic rings. The Morgan fingerprint density at radius 1 is 0.892 bits per heavy atom. The summed E-state index contributed by atoms with van der Waals surface area (Å²) in [6.45, 7) is 0. The molecule has 3 aromatic heterocycles. The van der Waals surface area contributed by atoms with Crippen LogP contribution in [0.5, 0.6) is 11.6 Å². The van der Waals surface area contributed by atoms with Crippen LogP contribution in [0.1, 0.15) is 22.3 Å². The van der Waals surface area contributed by atoms with Gasteiger partial charge in [0.15, 0.2) is 0 Å². The van der Waals surface area contributed by atoms with E-state index in [4.69, 9.17) is 15.6 Å². The van der Waals surface area contributed by atoms with Gasteiger partial charge in [0.05, 0.1) is 16.9 Å². The quantitative estimate of drug-likeness (QED) is 0.328. The number of nitrogens with zero attached hydrogens (tertiary/aromatic N) is 6. The van der Waals surface area contributed by atoms with Crippen LogP contribution in [0.15, 0.2) is 95.8 Å². The molecule has 0 bridgehead atoms. The van der Waals surface area contributed by atoms with Gasteiger partial charge in [-0.25, -0.2) is 24.9 Å².